The number of hydrogen-bond donors (Lipinski definition) is 0. The lowest BCUT2D eigenvalue weighted by atomic mass is 10.0. The van der Waals surface area contributed by atoms with Gasteiger partial charge in [-0.05, 0) is 17.7 Å². The van der Waals surface area contributed by atoms with Gasteiger partial charge in [-0.3, -0.25) is 14.9 Å². The molecule has 0 aliphatic heterocycles. The number of para-hydroxylation sites is 1. The van der Waals surface area contributed by atoms with E-state index in [9.17, 15) is 28.1 Å². The van der Waals surface area contributed by atoms with Gasteiger partial charge in [-0.25, -0.2) is 0 Å². The highest BCUT2D eigenvalue weighted by Crippen LogP contribution is 2.35. The molecule has 8 heteroatoms. The van der Waals surface area contributed by atoms with Crippen LogP contribution in [-0.4, -0.2) is 17.6 Å². The van der Waals surface area contributed by atoms with Crippen LogP contribution in [0.2, 0.25) is 0 Å². The number of ether oxygens (including phenoxy) is 1. The summed E-state index contributed by atoms with van der Waals surface area (Å²) in [5.74, 6) is -0.483. The van der Waals surface area contributed by atoms with E-state index in [2.05, 4.69) is 4.74 Å². The molecule has 0 saturated heterocycles. The van der Waals surface area contributed by atoms with Crippen molar-refractivity contribution < 1.29 is 27.6 Å². The predicted molar refractivity (Wildman–Crippen MR) is 70.6 cm³/mol. The summed E-state index contributed by atoms with van der Waals surface area (Å²) in [5.41, 5.74) is -0.491. The maximum atomic E-state index is 12.4. The number of nitro groups is 1. The first kappa shape index (κ1) is 15.5. The predicted octanol–water partition coefficient (Wildman–Crippen LogP) is 3.97. The van der Waals surface area contributed by atoms with Gasteiger partial charge in [0.05, 0.1) is 10.5 Å². The van der Waals surface area contributed by atoms with Gasteiger partial charge in [0, 0.05) is 11.6 Å². The van der Waals surface area contributed by atoms with Crippen molar-refractivity contribution in [3.63, 3.8) is 0 Å². The summed E-state index contributed by atoms with van der Waals surface area (Å²) in [5, 5.41) is 10.9. The Hall–Kier alpha value is -2.90. The van der Waals surface area contributed by atoms with Crippen LogP contribution in [0.5, 0.6) is 5.75 Å². The van der Waals surface area contributed by atoms with Gasteiger partial charge < -0.3 is 4.74 Å². The monoisotopic (exact) mass is 311 g/mol. The fourth-order valence-electron chi connectivity index (χ4n) is 1.89. The summed E-state index contributed by atoms with van der Waals surface area (Å²) in [6.07, 6.45) is -4.58. The molecule has 2 aromatic carbocycles. The Bertz CT molecular complexity index is 728. The number of carbonyl (C=O) groups is 1. The van der Waals surface area contributed by atoms with E-state index in [0.29, 0.717) is 6.29 Å². The Morgan fingerprint density at radius 3 is 2.41 bits per heavy atom. The molecule has 0 fully saturated rings. The topological polar surface area (TPSA) is 69.4 Å². The number of rotatable bonds is 4. The first-order valence-corrected chi connectivity index (χ1v) is 5.90. The third-order valence-electron chi connectivity index (χ3n) is 2.78. The largest absolute Gasteiger partial charge is 0.573 e. The highest BCUT2D eigenvalue weighted by atomic mass is 19.4. The quantitative estimate of drug-likeness (QED) is 0.486. The van der Waals surface area contributed by atoms with Crippen molar-refractivity contribution in [2.45, 2.75) is 6.36 Å². The van der Waals surface area contributed by atoms with Crippen LogP contribution in [0.1, 0.15) is 10.4 Å². The van der Waals surface area contributed by atoms with E-state index in [0.717, 1.165) is 12.1 Å². The van der Waals surface area contributed by atoms with Crippen molar-refractivity contribution in [3.8, 4) is 16.9 Å². The minimum atomic E-state index is -4.88. The van der Waals surface area contributed by atoms with Crippen LogP contribution in [0.3, 0.4) is 0 Å². The zero-order valence-electron chi connectivity index (χ0n) is 10.8. The van der Waals surface area contributed by atoms with Gasteiger partial charge in [0.1, 0.15) is 5.75 Å². The average molecular weight is 311 g/mol. The summed E-state index contributed by atoms with van der Waals surface area (Å²) in [4.78, 5) is 20.9. The SMILES string of the molecule is O=Cc1ccc(-c2ccccc2OC(F)(F)F)cc1[N+](=O)[O-]. The summed E-state index contributed by atoms with van der Waals surface area (Å²) in [7, 11) is 0. The lowest BCUT2D eigenvalue weighted by Gasteiger charge is -2.13. The molecule has 0 unspecified atom stereocenters. The first-order chi connectivity index (χ1) is 10.3. The Balaban J connectivity index is 2.55. The highest BCUT2D eigenvalue weighted by Gasteiger charge is 2.32. The molecule has 114 valence electrons. The second-order valence-electron chi connectivity index (χ2n) is 4.19. The van der Waals surface area contributed by atoms with Gasteiger partial charge in [0.25, 0.3) is 5.69 Å². The molecule has 0 atom stereocenters. The second-order valence-corrected chi connectivity index (χ2v) is 4.19. The number of benzene rings is 2. The van der Waals surface area contributed by atoms with Crippen molar-refractivity contribution >= 4 is 12.0 Å². The molecule has 0 spiro atoms. The maximum absolute atomic E-state index is 12.4. The van der Waals surface area contributed by atoms with E-state index < -0.39 is 22.7 Å². The lowest BCUT2D eigenvalue weighted by Crippen LogP contribution is -2.17. The van der Waals surface area contributed by atoms with Crippen molar-refractivity contribution in [1.82, 2.24) is 0 Å². The number of alkyl halides is 3. The molecule has 0 amide bonds. The van der Waals surface area contributed by atoms with Crippen molar-refractivity contribution in [3.05, 3.63) is 58.1 Å². The van der Waals surface area contributed by atoms with Gasteiger partial charge in [-0.2, -0.15) is 0 Å². The average Bonchev–Trinajstić information content (AvgIpc) is 2.45. The summed E-state index contributed by atoms with van der Waals surface area (Å²) >= 11 is 0. The number of halogens is 3. The number of hydrogen-bond acceptors (Lipinski definition) is 4. The second kappa shape index (κ2) is 5.84. The first-order valence-electron chi connectivity index (χ1n) is 5.90. The third-order valence-corrected chi connectivity index (χ3v) is 2.78. The Morgan fingerprint density at radius 1 is 1.14 bits per heavy atom. The van der Waals surface area contributed by atoms with Gasteiger partial charge >= 0.3 is 6.36 Å². The molecule has 2 rings (SSSR count). The number of nitro benzene ring substituents is 1. The van der Waals surface area contributed by atoms with Gasteiger partial charge in [0.2, 0.25) is 0 Å². The summed E-state index contributed by atoms with van der Waals surface area (Å²) in [6, 6.07) is 8.77. The van der Waals surface area contributed by atoms with Crippen LogP contribution in [-0.2, 0) is 0 Å². The van der Waals surface area contributed by atoms with Crippen molar-refractivity contribution in [2.75, 3.05) is 0 Å². The standard InChI is InChI=1S/C14H8F3NO4/c15-14(16,17)22-13-4-2-1-3-11(13)9-5-6-10(8-19)12(7-9)18(20)21/h1-8H. The normalized spacial score (nSPS) is 11.0. The fraction of sp³-hybridized carbons (Fsp3) is 0.0714. The van der Waals surface area contributed by atoms with Crippen LogP contribution >= 0.6 is 0 Å². The Kier molecular flexibility index (Phi) is 4.11. The van der Waals surface area contributed by atoms with Gasteiger partial charge in [0.15, 0.2) is 6.29 Å². The molecular weight excluding hydrogens is 303 g/mol. The van der Waals surface area contributed by atoms with Gasteiger partial charge in [-0.1, -0.05) is 24.3 Å². The van der Waals surface area contributed by atoms with E-state index >= 15 is 0 Å². The van der Waals surface area contributed by atoms with E-state index in [4.69, 9.17) is 0 Å². The van der Waals surface area contributed by atoms with Crippen molar-refractivity contribution in [1.29, 1.82) is 0 Å². The maximum Gasteiger partial charge on any atom is 0.573 e. The summed E-state index contributed by atoms with van der Waals surface area (Å²) in [6.45, 7) is 0. The Morgan fingerprint density at radius 2 is 1.82 bits per heavy atom. The molecule has 22 heavy (non-hydrogen) atoms. The van der Waals surface area contributed by atoms with Crippen LogP contribution in [0.25, 0.3) is 11.1 Å². The molecule has 0 N–H and O–H groups in total. The highest BCUT2D eigenvalue weighted by molar-refractivity contribution is 5.84. The fourth-order valence-corrected chi connectivity index (χ4v) is 1.89. The van der Waals surface area contributed by atoms with Crippen LogP contribution in [0.4, 0.5) is 18.9 Å². The number of carbonyl (C=O) groups excluding carboxylic acids is 1. The Labute approximate surface area is 122 Å². The molecule has 5 nitrogen and oxygen atoms in total. The van der Waals surface area contributed by atoms with Crippen LogP contribution < -0.4 is 4.74 Å². The lowest BCUT2D eigenvalue weighted by molar-refractivity contribution is -0.385. The van der Waals surface area contributed by atoms with Crippen LogP contribution in [0, 0.1) is 10.1 Å². The minimum Gasteiger partial charge on any atom is -0.405 e. The molecule has 0 saturated carbocycles. The molecule has 0 radical (unpaired) electrons. The zero-order valence-corrected chi connectivity index (χ0v) is 10.8. The zero-order chi connectivity index (χ0) is 16.3. The van der Waals surface area contributed by atoms with Crippen LogP contribution in [0.15, 0.2) is 42.5 Å². The molecule has 0 aliphatic carbocycles. The molecule has 2 aromatic rings. The molecule has 0 aromatic heterocycles. The number of aldehydes is 1. The van der Waals surface area contributed by atoms with E-state index in [1.165, 1.54) is 30.3 Å². The molecule has 0 bridgehead atoms. The van der Waals surface area contributed by atoms with E-state index in [1.807, 2.05) is 0 Å². The molecule has 0 aliphatic rings. The smallest absolute Gasteiger partial charge is 0.405 e. The van der Waals surface area contributed by atoms with Crippen molar-refractivity contribution in [2.24, 2.45) is 0 Å². The van der Waals surface area contributed by atoms with E-state index in [1.54, 1.807) is 0 Å². The molecule has 0 heterocycles. The third kappa shape index (κ3) is 3.40. The minimum absolute atomic E-state index is 0.0281. The number of nitrogens with zero attached hydrogens (tertiary/aromatic N) is 1. The van der Waals surface area contributed by atoms with E-state index in [-0.39, 0.29) is 16.7 Å². The summed E-state index contributed by atoms with van der Waals surface area (Å²) < 4.78 is 41.1. The van der Waals surface area contributed by atoms with Gasteiger partial charge in [-0.15, -0.1) is 13.2 Å². The molecular formula is C14H8F3NO4.